The molecule has 0 radical (unpaired) electrons. The number of hydrogen-bond donors (Lipinski definition) is 0. The Morgan fingerprint density at radius 2 is 1.93 bits per heavy atom. The highest BCUT2D eigenvalue weighted by Gasteiger charge is 1.95. The Morgan fingerprint density at radius 3 is 2.50 bits per heavy atom. The standard InChI is InChI=1S/C9H17O4P/c1-4-9(10)12-7-5-11-6-8-13-14(2)3/h4H,1,5-8H2,2-3H3. The van der Waals surface area contributed by atoms with Crippen molar-refractivity contribution in [3.63, 3.8) is 0 Å². The van der Waals surface area contributed by atoms with Crippen molar-refractivity contribution in [3.05, 3.63) is 12.7 Å². The lowest BCUT2D eigenvalue weighted by atomic mass is 10.6. The predicted octanol–water partition coefficient (Wildman–Crippen LogP) is 1.41. The normalized spacial score (nSPS) is 10.2. The molecule has 0 aromatic rings. The van der Waals surface area contributed by atoms with E-state index in [9.17, 15) is 4.79 Å². The molecule has 0 aromatic heterocycles. The Kier molecular flexibility index (Phi) is 8.84. The van der Waals surface area contributed by atoms with E-state index in [1.807, 2.05) is 13.3 Å². The Morgan fingerprint density at radius 1 is 1.29 bits per heavy atom. The Labute approximate surface area is 86.1 Å². The van der Waals surface area contributed by atoms with Crippen molar-refractivity contribution in [2.45, 2.75) is 0 Å². The average molecular weight is 220 g/mol. The quantitative estimate of drug-likeness (QED) is 0.268. The maximum absolute atomic E-state index is 10.6. The first-order chi connectivity index (χ1) is 6.66. The van der Waals surface area contributed by atoms with Crippen LogP contribution < -0.4 is 0 Å². The van der Waals surface area contributed by atoms with Gasteiger partial charge in [0.1, 0.15) is 6.61 Å². The Hall–Kier alpha value is -0.440. The van der Waals surface area contributed by atoms with Crippen molar-refractivity contribution in [1.29, 1.82) is 0 Å². The van der Waals surface area contributed by atoms with Crippen molar-refractivity contribution in [2.75, 3.05) is 39.8 Å². The smallest absolute Gasteiger partial charge is 0.330 e. The molecule has 0 aliphatic rings. The first-order valence-electron chi connectivity index (χ1n) is 4.34. The Bertz CT molecular complexity index is 170. The maximum atomic E-state index is 10.6. The summed E-state index contributed by atoms with van der Waals surface area (Å²) in [4.78, 5) is 10.6. The van der Waals surface area contributed by atoms with Gasteiger partial charge in [0.05, 0.1) is 19.8 Å². The van der Waals surface area contributed by atoms with Gasteiger partial charge in [-0.2, -0.15) is 0 Å². The summed E-state index contributed by atoms with van der Waals surface area (Å²) in [5, 5.41) is 0. The molecule has 0 spiro atoms. The lowest BCUT2D eigenvalue weighted by Crippen LogP contribution is -2.10. The maximum Gasteiger partial charge on any atom is 0.330 e. The van der Waals surface area contributed by atoms with E-state index in [1.165, 1.54) is 0 Å². The number of hydrogen-bond acceptors (Lipinski definition) is 4. The second kappa shape index (κ2) is 9.13. The summed E-state index contributed by atoms with van der Waals surface area (Å²) in [5.74, 6) is -0.421. The Balaban J connectivity index is 3.06. The van der Waals surface area contributed by atoms with Gasteiger partial charge >= 0.3 is 5.97 Å². The highest BCUT2D eigenvalue weighted by molar-refractivity contribution is 7.50. The lowest BCUT2D eigenvalue weighted by molar-refractivity contribution is -0.139. The molecule has 0 aliphatic heterocycles. The molecule has 0 saturated carbocycles. The molecule has 0 bridgehead atoms. The van der Waals surface area contributed by atoms with Crippen LogP contribution >= 0.6 is 8.15 Å². The second-order valence-corrected chi connectivity index (χ2v) is 4.51. The molecule has 14 heavy (non-hydrogen) atoms. The summed E-state index contributed by atoms with van der Waals surface area (Å²) in [6.07, 6.45) is 1.13. The van der Waals surface area contributed by atoms with E-state index in [2.05, 4.69) is 6.58 Å². The summed E-state index contributed by atoms with van der Waals surface area (Å²) < 4.78 is 15.2. The molecule has 0 aliphatic carbocycles. The molecule has 4 nitrogen and oxygen atoms in total. The average Bonchev–Trinajstić information content (AvgIpc) is 2.15. The largest absolute Gasteiger partial charge is 0.460 e. The van der Waals surface area contributed by atoms with Crippen LogP contribution in [0.3, 0.4) is 0 Å². The molecule has 5 heteroatoms. The van der Waals surface area contributed by atoms with Gasteiger partial charge in [0, 0.05) is 14.2 Å². The van der Waals surface area contributed by atoms with Gasteiger partial charge in [0.25, 0.3) is 0 Å². The fraction of sp³-hybridized carbons (Fsp3) is 0.667. The minimum absolute atomic E-state index is 0.262. The van der Waals surface area contributed by atoms with Crippen molar-refractivity contribution in [2.24, 2.45) is 0 Å². The third-order valence-corrected chi connectivity index (χ3v) is 1.91. The molecular weight excluding hydrogens is 203 g/mol. The topological polar surface area (TPSA) is 44.8 Å². The van der Waals surface area contributed by atoms with Crippen molar-refractivity contribution in [3.8, 4) is 0 Å². The summed E-state index contributed by atoms with van der Waals surface area (Å²) >= 11 is 0. The molecule has 0 N–H and O–H groups in total. The number of carbonyl (C=O) groups is 1. The van der Waals surface area contributed by atoms with Gasteiger partial charge in [-0.25, -0.2) is 4.79 Å². The highest BCUT2D eigenvalue weighted by Crippen LogP contribution is 2.24. The van der Waals surface area contributed by atoms with Gasteiger partial charge in [-0.05, 0) is 13.3 Å². The molecule has 82 valence electrons. The zero-order valence-electron chi connectivity index (χ0n) is 8.69. The van der Waals surface area contributed by atoms with Gasteiger partial charge in [0.2, 0.25) is 0 Å². The number of carbonyl (C=O) groups excluding carboxylic acids is 1. The lowest BCUT2D eigenvalue weighted by Gasteiger charge is -2.07. The third kappa shape index (κ3) is 9.65. The van der Waals surface area contributed by atoms with Gasteiger partial charge in [0.15, 0.2) is 0 Å². The van der Waals surface area contributed by atoms with Crippen LogP contribution in [0.2, 0.25) is 0 Å². The summed E-state index contributed by atoms with van der Waals surface area (Å²) in [6.45, 7) is 9.12. The fourth-order valence-corrected chi connectivity index (χ4v) is 1.08. The minimum Gasteiger partial charge on any atom is -0.460 e. The summed E-state index contributed by atoms with van der Waals surface area (Å²) in [7, 11) is -0.317. The van der Waals surface area contributed by atoms with Crippen LogP contribution in [0.15, 0.2) is 12.7 Å². The molecule has 0 aromatic carbocycles. The zero-order chi connectivity index (χ0) is 10.8. The van der Waals surface area contributed by atoms with E-state index >= 15 is 0 Å². The summed E-state index contributed by atoms with van der Waals surface area (Å²) in [5.41, 5.74) is 0. The number of ether oxygens (including phenoxy) is 2. The van der Waals surface area contributed by atoms with Crippen LogP contribution in [-0.2, 0) is 18.8 Å². The van der Waals surface area contributed by atoms with Crippen molar-refractivity contribution >= 4 is 14.1 Å². The molecule has 0 saturated heterocycles. The number of esters is 1. The SMILES string of the molecule is C=CC(=O)OCCOCCOP(C)C. The van der Waals surface area contributed by atoms with Gasteiger partial charge in [-0.1, -0.05) is 6.58 Å². The molecule has 0 fully saturated rings. The van der Waals surface area contributed by atoms with E-state index in [0.29, 0.717) is 19.8 Å². The van der Waals surface area contributed by atoms with Crippen LogP contribution in [0.5, 0.6) is 0 Å². The van der Waals surface area contributed by atoms with Crippen LogP contribution in [0.25, 0.3) is 0 Å². The van der Waals surface area contributed by atoms with Gasteiger partial charge < -0.3 is 14.0 Å². The zero-order valence-corrected chi connectivity index (χ0v) is 9.59. The first kappa shape index (κ1) is 13.6. The molecule has 0 amide bonds. The first-order valence-corrected chi connectivity index (χ1v) is 6.49. The minimum atomic E-state index is -0.421. The molecular formula is C9H17O4P. The van der Waals surface area contributed by atoms with Crippen LogP contribution in [-0.4, -0.2) is 45.7 Å². The van der Waals surface area contributed by atoms with E-state index in [-0.39, 0.29) is 14.8 Å². The van der Waals surface area contributed by atoms with E-state index in [0.717, 1.165) is 6.08 Å². The molecule has 0 rings (SSSR count). The van der Waals surface area contributed by atoms with E-state index in [1.54, 1.807) is 0 Å². The van der Waals surface area contributed by atoms with Gasteiger partial charge in [-0.15, -0.1) is 0 Å². The van der Waals surface area contributed by atoms with E-state index in [4.69, 9.17) is 14.0 Å². The molecule has 0 heterocycles. The van der Waals surface area contributed by atoms with Crippen molar-refractivity contribution < 1.29 is 18.8 Å². The number of rotatable bonds is 8. The van der Waals surface area contributed by atoms with E-state index < -0.39 is 5.97 Å². The fourth-order valence-electron chi connectivity index (χ4n) is 0.641. The van der Waals surface area contributed by atoms with Crippen LogP contribution in [0.1, 0.15) is 0 Å². The molecule has 0 atom stereocenters. The highest BCUT2D eigenvalue weighted by atomic mass is 31.1. The summed E-state index contributed by atoms with van der Waals surface area (Å²) in [6, 6.07) is 0. The van der Waals surface area contributed by atoms with Crippen LogP contribution in [0, 0.1) is 0 Å². The monoisotopic (exact) mass is 220 g/mol. The molecule has 0 unspecified atom stereocenters. The van der Waals surface area contributed by atoms with Gasteiger partial charge in [-0.3, -0.25) is 0 Å². The second-order valence-electron chi connectivity index (χ2n) is 2.63. The van der Waals surface area contributed by atoms with Crippen molar-refractivity contribution in [1.82, 2.24) is 0 Å². The predicted molar refractivity (Wildman–Crippen MR) is 56.7 cm³/mol. The third-order valence-electron chi connectivity index (χ3n) is 1.22. The van der Waals surface area contributed by atoms with Crippen LogP contribution in [0.4, 0.5) is 0 Å².